The molecule has 1 saturated carbocycles. The van der Waals surface area contributed by atoms with Crippen molar-refractivity contribution in [2.45, 2.75) is 77.5 Å². The van der Waals surface area contributed by atoms with Crippen LogP contribution in [-0.4, -0.2) is 89.3 Å². The van der Waals surface area contributed by atoms with Gasteiger partial charge in [-0.25, -0.2) is 28.6 Å². The van der Waals surface area contributed by atoms with Crippen molar-refractivity contribution in [3.63, 3.8) is 0 Å². The van der Waals surface area contributed by atoms with Gasteiger partial charge in [-0.2, -0.15) is 14.6 Å². The zero-order valence-electron chi connectivity index (χ0n) is 28.0. The number of thiazole rings is 1. The molecule has 2 N–H and O–H groups in total. The van der Waals surface area contributed by atoms with Crippen LogP contribution < -0.4 is 5.32 Å². The van der Waals surface area contributed by atoms with Gasteiger partial charge in [0.15, 0.2) is 12.5 Å². The Morgan fingerprint density at radius 2 is 1.71 bits per heavy atom. The summed E-state index contributed by atoms with van der Waals surface area (Å²) in [4.78, 5) is 68.5. The minimum atomic E-state index is -2.16. The average Bonchev–Trinajstić information content (AvgIpc) is 3.87. The fourth-order valence-corrected chi connectivity index (χ4v) is 6.20. The number of carbonyl (C=O) groups excluding carboxylic acids is 4. The van der Waals surface area contributed by atoms with E-state index in [-0.39, 0.29) is 34.9 Å². The Morgan fingerprint density at radius 3 is 2.38 bits per heavy atom. The van der Waals surface area contributed by atoms with Crippen molar-refractivity contribution < 1.29 is 56.8 Å². The fourth-order valence-electron chi connectivity index (χ4n) is 5.43. The number of carboxylic acids is 1. The van der Waals surface area contributed by atoms with E-state index in [0.29, 0.717) is 17.2 Å². The summed E-state index contributed by atoms with van der Waals surface area (Å²) in [6.07, 6.45) is 3.24. The van der Waals surface area contributed by atoms with Crippen LogP contribution in [-0.2, 0) is 44.9 Å². The summed E-state index contributed by atoms with van der Waals surface area (Å²) in [6.45, 7) is 3.82. The first kappa shape index (κ1) is 37.6. The lowest BCUT2D eigenvalue weighted by Gasteiger charge is -2.28. The first-order valence-electron chi connectivity index (χ1n) is 15.9. The van der Waals surface area contributed by atoms with Crippen molar-refractivity contribution in [2.24, 2.45) is 0 Å². The summed E-state index contributed by atoms with van der Waals surface area (Å²) in [7, 11) is 0. The van der Waals surface area contributed by atoms with E-state index >= 15 is 0 Å². The number of pyridine rings is 1. The van der Waals surface area contributed by atoms with Gasteiger partial charge in [-0.3, -0.25) is 19.1 Å². The Kier molecular flexibility index (Phi) is 12.0. The van der Waals surface area contributed by atoms with Crippen molar-refractivity contribution in [1.82, 2.24) is 29.5 Å². The van der Waals surface area contributed by atoms with Crippen molar-refractivity contribution >= 4 is 46.8 Å². The Morgan fingerprint density at radius 1 is 1.00 bits per heavy atom. The molecule has 0 saturated heterocycles. The largest absolute Gasteiger partial charge is 0.478 e. The number of nitrogens with zero attached hydrogens (tertiary/aromatic N) is 6. The Balaban J connectivity index is 1.29. The zero-order valence-corrected chi connectivity index (χ0v) is 28.8. The van der Waals surface area contributed by atoms with Crippen LogP contribution in [0, 0.1) is 11.8 Å². The highest BCUT2D eigenvalue weighted by molar-refractivity contribution is 7.13. The molecule has 17 nitrogen and oxygen atoms in total. The van der Waals surface area contributed by atoms with Gasteiger partial charge in [0.25, 0.3) is 5.91 Å². The number of anilines is 1. The quantitative estimate of drug-likeness (QED) is 0.107. The number of amides is 1. The third-order valence-corrected chi connectivity index (χ3v) is 8.62. The van der Waals surface area contributed by atoms with Crippen molar-refractivity contribution in [2.75, 3.05) is 11.9 Å². The Labute approximate surface area is 297 Å². The molecule has 0 aliphatic heterocycles. The molecule has 276 valence electrons. The molecule has 0 aromatic carbocycles. The fraction of sp³-hybridized carbons (Fsp3) is 0.406. The topological polar surface area (TPSA) is 216 Å². The van der Waals surface area contributed by atoms with Gasteiger partial charge in [-0.15, -0.1) is 11.3 Å². The van der Waals surface area contributed by atoms with Crippen LogP contribution in [0.15, 0.2) is 36.1 Å². The maximum absolute atomic E-state index is 14.9. The number of hydrogen-bond acceptors (Lipinski definition) is 14. The molecular formula is C32H33F2N7O10S. The first-order valence-corrected chi connectivity index (χ1v) is 16.8. The standard InChI is InChI=1S/C32H33F2N7O10S/c1-4-48-20-7-5-19(6-8-20)41-13-22(26(39-41)25-21(33)9-10-24(34)38-25)36-29(44)23-14-52-30(37-23)18-11-35-40(12-18)15-49-32(47)28(51-17(3)43)27(31(45)46)50-16(2)42/h9-14,19-20,27-28H,4-8,15H2,1-3H3,(H,36,44)(H,45,46)/t19?,20?,27-,28-/m0/s1. The highest BCUT2D eigenvalue weighted by atomic mass is 32.1. The lowest BCUT2D eigenvalue weighted by atomic mass is 9.93. The van der Waals surface area contributed by atoms with Crippen LogP contribution in [0.25, 0.3) is 22.0 Å². The molecule has 0 bridgehead atoms. The van der Waals surface area contributed by atoms with Crippen LogP contribution in [0.3, 0.4) is 0 Å². The third-order valence-electron chi connectivity index (χ3n) is 7.73. The SMILES string of the molecule is CCOC1CCC(n2cc(NC(=O)c3csc(-c4cnn(COC(=O)[C@@H](OC(C)=O)[C@H](OC(C)=O)C(=O)O)c4)n3)c(-c3nc(F)ccc3F)n2)CC1. The van der Waals surface area contributed by atoms with Gasteiger partial charge in [0, 0.05) is 43.8 Å². The van der Waals surface area contributed by atoms with Crippen molar-refractivity contribution in [3.05, 3.63) is 53.6 Å². The number of carbonyl (C=O) groups is 5. The minimum absolute atomic E-state index is 0.0165. The van der Waals surface area contributed by atoms with E-state index in [1.165, 1.54) is 17.8 Å². The van der Waals surface area contributed by atoms with Gasteiger partial charge < -0.3 is 29.4 Å². The lowest BCUT2D eigenvalue weighted by Crippen LogP contribution is -2.46. The van der Waals surface area contributed by atoms with E-state index < -0.39 is 60.5 Å². The van der Waals surface area contributed by atoms with Gasteiger partial charge in [0.2, 0.25) is 18.2 Å². The van der Waals surface area contributed by atoms with Gasteiger partial charge >= 0.3 is 23.9 Å². The van der Waals surface area contributed by atoms with Crippen LogP contribution in [0.1, 0.15) is 63.0 Å². The molecule has 1 fully saturated rings. The highest BCUT2D eigenvalue weighted by Gasteiger charge is 2.41. The van der Waals surface area contributed by atoms with E-state index in [4.69, 9.17) is 14.2 Å². The predicted octanol–water partition coefficient (Wildman–Crippen LogP) is 3.76. The van der Waals surface area contributed by atoms with Crippen molar-refractivity contribution in [3.8, 4) is 22.0 Å². The monoisotopic (exact) mass is 745 g/mol. The smallest absolute Gasteiger partial charge is 0.353 e. The Bertz CT molecular complexity index is 1960. The van der Waals surface area contributed by atoms with Crippen LogP contribution in [0.5, 0.6) is 0 Å². The van der Waals surface area contributed by atoms with E-state index in [0.717, 1.165) is 67.7 Å². The van der Waals surface area contributed by atoms with E-state index in [9.17, 15) is 37.9 Å². The first-order chi connectivity index (χ1) is 24.8. The second-order valence-corrected chi connectivity index (χ2v) is 12.3. The molecule has 2 atom stereocenters. The molecule has 5 rings (SSSR count). The molecule has 0 radical (unpaired) electrons. The number of halogens is 2. The highest BCUT2D eigenvalue weighted by Crippen LogP contribution is 2.35. The van der Waals surface area contributed by atoms with Gasteiger partial charge in [0.05, 0.1) is 24.0 Å². The van der Waals surface area contributed by atoms with Gasteiger partial charge in [-0.1, -0.05) is 0 Å². The number of rotatable bonds is 14. The second kappa shape index (κ2) is 16.6. The summed E-state index contributed by atoms with van der Waals surface area (Å²) in [5, 5.41) is 22.5. The predicted molar refractivity (Wildman–Crippen MR) is 174 cm³/mol. The summed E-state index contributed by atoms with van der Waals surface area (Å²) in [5.74, 6) is -7.53. The summed E-state index contributed by atoms with van der Waals surface area (Å²) < 4.78 is 51.9. The van der Waals surface area contributed by atoms with E-state index in [1.807, 2.05) is 6.92 Å². The number of aliphatic carboxylic acids is 1. The van der Waals surface area contributed by atoms with Gasteiger partial charge in [0.1, 0.15) is 22.1 Å². The number of nitrogens with one attached hydrogen (secondary N) is 1. The maximum Gasteiger partial charge on any atom is 0.353 e. The number of aromatic nitrogens is 6. The maximum atomic E-state index is 14.9. The molecule has 52 heavy (non-hydrogen) atoms. The van der Waals surface area contributed by atoms with Gasteiger partial charge in [-0.05, 0) is 44.7 Å². The molecule has 1 amide bonds. The number of carboxylic acid groups (broad SMARTS) is 1. The Hall–Kier alpha value is -5.63. The molecule has 4 heterocycles. The molecule has 4 aromatic rings. The molecule has 0 unspecified atom stereocenters. The average molecular weight is 746 g/mol. The van der Waals surface area contributed by atoms with E-state index in [1.54, 1.807) is 10.9 Å². The summed E-state index contributed by atoms with van der Waals surface area (Å²) >= 11 is 1.08. The number of hydrogen-bond donors (Lipinski definition) is 2. The second-order valence-electron chi connectivity index (χ2n) is 11.5. The summed E-state index contributed by atoms with van der Waals surface area (Å²) in [5.41, 5.74) is 0.0681. The normalized spacial score (nSPS) is 16.8. The van der Waals surface area contributed by atoms with Crippen molar-refractivity contribution in [1.29, 1.82) is 0 Å². The molecule has 20 heteroatoms. The summed E-state index contributed by atoms with van der Waals surface area (Å²) in [6, 6.07) is 1.74. The molecular weight excluding hydrogens is 712 g/mol. The van der Waals surface area contributed by atoms with Crippen LogP contribution in [0.4, 0.5) is 14.5 Å². The molecule has 1 aliphatic rings. The van der Waals surface area contributed by atoms with Crippen LogP contribution in [0.2, 0.25) is 0 Å². The molecule has 4 aromatic heterocycles. The number of ether oxygens (including phenoxy) is 4. The minimum Gasteiger partial charge on any atom is -0.478 e. The molecule has 0 spiro atoms. The van der Waals surface area contributed by atoms with Crippen LogP contribution >= 0.6 is 11.3 Å². The third kappa shape index (κ3) is 9.18. The molecule has 1 aliphatic carbocycles. The van der Waals surface area contributed by atoms with E-state index in [2.05, 4.69) is 30.2 Å². The zero-order chi connectivity index (χ0) is 37.5. The lowest BCUT2D eigenvalue weighted by molar-refractivity contribution is -0.190. The number of esters is 3.